The van der Waals surface area contributed by atoms with Gasteiger partial charge in [-0.15, -0.1) is 15.3 Å². The van der Waals surface area contributed by atoms with Crippen molar-refractivity contribution in [3.05, 3.63) is 35.9 Å². The van der Waals surface area contributed by atoms with Crippen LogP contribution in [0.3, 0.4) is 0 Å². The maximum atomic E-state index is 12.3. The van der Waals surface area contributed by atoms with Crippen LogP contribution in [0.15, 0.2) is 24.5 Å². The average Bonchev–Trinajstić information content (AvgIpc) is 3.15. The van der Waals surface area contributed by atoms with E-state index in [2.05, 4.69) is 30.4 Å². The minimum absolute atomic E-state index is 0.0264. The number of anilines is 1. The van der Waals surface area contributed by atoms with Crippen molar-refractivity contribution < 1.29 is 4.79 Å². The first-order valence-corrected chi connectivity index (χ1v) is 7.33. The lowest BCUT2D eigenvalue weighted by Crippen LogP contribution is -2.60. The summed E-state index contributed by atoms with van der Waals surface area (Å²) >= 11 is 0. The lowest BCUT2D eigenvalue weighted by atomic mass is 10.1. The number of aromatic amines is 1. The topological polar surface area (TPSA) is 95.3 Å². The molecule has 9 nitrogen and oxygen atoms in total. The van der Waals surface area contributed by atoms with Crippen molar-refractivity contribution in [2.24, 2.45) is 0 Å². The molecule has 9 heteroatoms. The normalized spacial score (nSPS) is 15.0. The van der Waals surface area contributed by atoms with Gasteiger partial charge in [-0.1, -0.05) is 0 Å². The number of amides is 1. The molecule has 0 saturated carbocycles. The predicted molar refractivity (Wildman–Crippen MR) is 82.2 cm³/mol. The molecule has 0 atom stereocenters. The molecule has 118 valence electrons. The Morgan fingerprint density at radius 3 is 2.91 bits per heavy atom. The van der Waals surface area contributed by atoms with Gasteiger partial charge in [-0.2, -0.15) is 9.61 Å². The summed E-state index contributed by atoms with van der Waals surface area (Å²) in [5, 5.41) is 19.1. The second kappa shape index (κ2) is 5.04. The molecule has 0 aromatic carbocycles. The fraction of sp³-hybridized carbons (Fsp3) is 0.357. The lowest BCUT2D eigenvalue weighted by Gasteiger charge is -2.44. The first-order valence-electron chi connectivity index (χ1n) is 7.33. The molecule has 1 fully saturated rings. The van der Waals surface area contributed by atoms with E-state index < -0.39 is 0 Å². The number of nitrogens with one attached hydrogen (secondary N) is 1. The zero-order valence-corrected chi connectivity index (χ0v) is 12.8. The SMILES string of the molecule is Cc1nnc2ccc(N3CC(N(C)C(=O)c4cn[nH]c4)C3)nn12. The van der Waals surface area contributed by atoms with Crippen LogP contribution in [-0.4, -0.2) is 67.0 Å². The molecule has 0 radical (unpaired) electrons. The van der Waals surface area contributed by atoms with Crippen LogP contribution in [-0.2, 0) is 0 Å². The molecule has 0 spiro atoms. The molecule has 4 rings (SSSR count). The number of rotatable bonds is 3. The number of nitrogens with zero attached hydrogens (tertiary/aromatic N) is 7. The van der Waals surface area contributed by atoms with Gasteiger partial charge in [0, 0.05) is 26.3 Å². The number of carbonyl (C=O) groups excluding carboxylic acids is 1. The Morgan fingerprint density at radius 2 is 2.17 bits per heavy atom. The Morgan fingerprint density at radius 1 is 1.35 bits per heavy atom. The van der Waals surface area contributed by atoms with Crippen LogP contribution in [0.2, 0.25) is 0 Å². The van der Waals surface area contributed by atoms with Crippen molar-refractivity contribution in [2.45, 2.75) is 13.0 Å². The predicted octanol–water partition coefficient (Wildman–Crippen LogP) is 0.117. The third-order valence-corrected chi connectivity index (χ3v) is 4.20. The van der Waals surface area contributed by atoms with Gasteiger partial charge < -0.3 is 9.80 Å². The fourth-order valence-electron chi connectivity index (χ4n) is 2.68. The molecule has 3 aromatic heterocycles. The van der Waals surface area contributed by atoms with Crippen molar-refractivity contribution in [1.29, 1.82) is 0 Å². The van der Waals surface area contributed by atoms with E-state index in [1.165, 1.54) is 0 Å². The summed E-state index contributed by atoms with van der Waals surface area (Å²) in [7, 11) is 1.82. The Bertz CT molecular complexity index is 849. The summed E-state index contributed by atoms with van der Waals surface area (Å²) < 4.78 is 1.73. The molecule has 1 saturated heterocycles. The number of hydrogen-bond donors (Lipinski definition) is 1. The summed E-state index contributed by atoms with van der Waals surface area (Å²) in [4.78, 5) is 16.2. The number of fused-ring (bicyclic) bond motifs is 1. The first-order chi connectivity index (χ1) is 11.1. The molecule has 1 amide bonds. The molecular weight excluding hydrogens is 296 g/mol. The largest absolute Gasteiger partial charge is 0.351 e. The minimum Gasteiger partial charge on any atom is -0.351 e. The van der Waals surface area contributed by atoms with E-state index in [0.29, 0.717) is 5.56 Å². The summed E-state index contributed by atoms with van der Waals surface area (Å²) in [6.45, 7) is 3.37. The summed E-state index contributed by atoms with van der Waals surface area (Å²) in [6.07, 6.45) is 3.15. The van der Waals surface area contributed by atoms with Crippen LogP contribution in [0, 0.1) is 6.92 Å². The number of carbonyl (C=O) groups is 1. The van der Waals surface area contributed by atoms with E-state index in [4.69, 9.17) is 0 Å². The van der Waals surface area contributed by atoms with Crippen molar-refractivity contribution in [1.82, 2.24) is 34.9 Å². The van der Waals surface area contributed by atoms with Gasteiger partial charge in [0.1, 0.15) is 5.82 Å². The van der Waals surface area contributed by atoms with Crippen LogP contribution >= 0.6 is 0 Å². The Labute approximate surface area is 131 Å². The van der Waals surface area contributed by atoms with Crippen molar-refractivity contribution in [3.8, 4) is 0 Å². The minimum atomic E-state index is -0.0264. The third kappa shape index (κ3) is 2.20. The number of hydrogen-bond acceptors (Lipinski definition) is 6. The van der Waals surface area contributed by atoms with Crippen LogP contribution in [0.5, 0.6) is 0 Å². The molecule has 1 aliphatic heterocycles. The molecule has 23 heavy (non-hydrogen) atoms. The average molecular weight is 312 g/mol. The molecule has 1 N–H and O–H groups in total. The van der Waals surface area contributed by atoms with E-state index in [0.717, 1.165) is 30.4 Å². The molecule has 0 aliphatic carbocycles. The van der Waals surface area contributed by atoms with Crippen LogP contribution in [0.1, 0.15) is 16.2 Å². The molecule has 0 unspecified atom stereocenters. The number of H-pyrrole nitrogens is 1. The van der Waals surface area contributed by atoms with E-state index in [1.54, 1.807) is 21.8 Å². The van der Waals surface area contributed by atoms with Crippen LogP contribution < -0.4 is 4.90 Å². The van der Waals surface area contributed by atoms with E-state index in [1.807, 2.05) is 26.1 Å². The number of aryl methyl sites for hydroxylation is 1. The highest BCUT2D eigenvalue weighted by atomic mass is 16.2. The third-order valence-electron chi connectivity index (χ3n) is 4.20. The van der Waals surface area contributed by atoms with Gasteiger partial charge in [0.25, 0.3) is 5.91 Å². The first kappa shape index (κ1) is 13.7. The molecule has 0 bridgehead atoms. The van der Waals surface area contributed by atoms with Crippen LogP contribution in [0.25, 0.3) is 5.65 Å². The number of likely N-dealkylation sites (N-methyl/N-ethyl adjacent to an activating group) is 1. The van der Waals surface area contributed by atoms with Crippen LogP contribution in [0.4, 0.5) is 5.82 Å². The highest BCUT2D eigenvalue weighted by molar-refractivity contribution is 5.93. The van der Waals surface area contributed by atoms with Gasteiger partial charge in [-0.25, -0.2) is 0 Å². The van der Waals surface area contributed by atoms with E-state index in [-0.39, 0.29) is 11.9 Å². The van der Waals surface area contributed by atoms with Crippen molar-refractivity contribution in [3.63, 3.8) is 0 Å². The van der Waals surface area contributed by atoms with Gasteiger partial charge in [0.05, 0.1) is 17.8 Å². The van der Waals surface area contributed by atoms with E-state index >= 15 is 0 Å². The maximum Gasteiger partial charge on any atom is 0.257 e. The standard InChI is InChI=1S/C14H16N8O/c1-9-17-18-12-3-4-13(19-22(9)12)21-7-11(8-21)20(2)14(23)10-5-15-16-6-10/h3-6,11H,7-8H2,1-2H3,(H,15,16). The van der Waals surface area contributed by atoms with Gasteiger partial charge in [0.15, 0.2) is 11.5 Å². The highest BCUT2D eigenvalue weighted by Gasteiger charge is 2.34. The van der Waals surface area contributed by atoms with E-state index in [9.17, 15) is 4.79 Å². The fourth-order valence-corrected chi connectivity index (χ4v) is 2.68. The van der Waals surface area contributed by atoms with Gasteiger partial charge in [0.2, 0.25) is 0 Å². The van der Waals surface area contributed by atoms with Gasteiger partial charge >= 0.3 is 0 Å². The molecule has 4 heterocycles. The Kier molecular flexibility index (Phi) is 3.00. The lowest BCUT2D eigenvalue weighted by molar-refractivity contribution is 0.0705. The quantitative estimate of drug-likeness (QED) is 0.738. The smallest absolute Gasteiger partial charge is 0.257 e. The summed E-state index contributed by atoms with van der Waals surface area (Å²) in [5.74, 6) is 1.59. The second-order valence-electron chi connectivity index (χ2n) is 5.67. The number of aromatic nitrogens is 6. The summed E-state index contributed by atoms with van der Waals surface area (Å²) in [6, 6.07) is 3.99. The summed E-state index contributed by atoms with van der Waals surface area (Å²) in [5.41, 5.74) is 1.31. The maximum absolute atomic E-state index is 12.3. The Balaban J connectivity index is 1.46. The van der Waals surface area contributed by atoms with Gasteiger partial charge in [-0.3, -0.25) is 9.89 Å². The molecule has 1 aliphatic rings. The van der Waals surface area contributed by atoms with Crippen molar-refractivity contribution >= 4 is 17.4 Å². The Hall–Kier alpha value is -2.97. The highest BCUT2D eigenvalue weighted by Crippen LogP contribution is 2.22. The zero-order valence-electron chi connectivity index (χ0n) is 12.8. The second-order valence-corrected chi connectivity index (χ2v) is 5.67. The molecular formula is C14H16N8O. The zero-order chi connectivity index (χ0) is 16.0. The monoisotopic (exact) mass is 312 g/mol. The van der Waals surface area contributed by atoms with Gasteiger partial charge in [-0.05, 0) is 19.1 Å². The molecule has 3 aromatic rings. The van der Waals surface area contributed by atoms with Crippen molar-refractivity contribution in [2.75, 3.05) is 25.0 Å².